The van der Waals surface area contributed by atoms with Gasteiger partial charge < -0.3 is 4.74 Å². The number of carbonyl (C=O) groups is 1. The molecule has 0 saturated heterocycles. The van der Waals surface area contributed by atoms with Crippen LogP contribution in [0.5, 0.6) is 0 Å². The van der Waals surface area contributed by atoms with Crippen LogP contribution in [-0.2, 0) is 9.53 Å². The molecule has 0 fully saturated rings. The van der Waals surface area contributed by atoms with Crippen LogP contribution in [0.4, 0.5) is 0 Å². The lowest BCUT2D eigenvalue weighted by molar-refractivity contribution is -0.142. The van der Waals surface area contributed by atoms with Gasteiger partial charge in [0.2, 0.25) is 0 Å². The van der Waals surface area contributed by atoms with E-state index >= 15 is 0 Å². The van der Waals surface area contributed by atoms with Gasteiger partial charge in [-0.2, -0.15) is 12.6 Å². The van der Waals surface area contributed by atoms with E-state index in [-0.39, 0.29) is 11.2 Å². The molecule has 0 rings (SSSR count). The third kappa shape index (κ3) is 14.5. The van der Waals surface area contributed by atoms with Crippen molar-refractivity contribution in [2.45, 2.75) is 103 Å². The number of carbonyl (C=O) groups excluding carboxylic acids is 1. The van der Waals surface area contributed by atoms with E-state index in [0.29, 0.717) is 6.61 Å². The number of unbranched alkanes of at least 4 members (excludes halogenated alkanes) is 11. The molecule has 0 aromatic carbocycles. The molecular formula is C18H36O2S. The van der Waals surface area contributed by atoms with E-state index in [4.69, 9.17) is 4.74 Å². The highest BCUT2D eigenvalue weighted by Gasteiger charge is 2.13. The molecule has 0 bridgehead atoms. The normalized spacial score (nSPS) is 12.3. The number of rotatable bonds is 15. The van der Waals surface area contributed by atoms with E-state index in [1.807, 2.05) is 6.92 Å². The van der Waals surface area contributed by atoms with Gasteiger partial charge in [0.15, 0.2) is 0 Å². The molecule has 0 aliphatic heterocycles. The number of hydrogen-bond donors (Lipinski definition) is 1. The minimum Gasteiger partial charge on any atom is -0.465 e. The zero-order valence-electron chi connectivity index (χ0n) is 14.2. The van der Waals surface area contributed by atoms with Crippen molar-refractivity contribution in [2.75, 3.05) is 6.61 Å². The van der Waals surface area contributed by atoms with E-state index in [1.165, 1.54) is 70.6 Å². The van der Waals surface area contributed by atoms with Crippen molar-refractivity contribution in [3.05, 3.63) is 0 Å². The molecule has 0 radical (unpaired) electrons. The van der Waals surface area contributed by atoms with E-state index in [9.17, 15) is 4.79 Å². The monoisotopic (exact) mass is 316 g/mol. The van der Waals surface area contributed by atoms with Gasteiger partial charge in [-0.3, -0.25) is 4.79 Å². The maximum Gasteiger partial charge on any atom is 0.318 e. The lowest BCUT2D eigenvalue weighted by Gasteiger charge is -2.09. The van der Waals surface area contributed by atoms with Gasteiger partial charge in [0.1, 0.15) is 0 Å². The minimum atomic E-state index is -0.229. The Bertz CT molecular complexity index is 231. The third-order valence-corrected chi connectivity index (χ3v) is 4.36. The maximum absolute atomic E-state index is 11.4. The number of thiol groups is 1. The van der Waals surface area contributed by atoms with Gasteiger partial charge >= 0.3 is 5.97 Å². The number of ether oxygens (including phenoxy) is 1. The van der Waals surface area contributed by atoms with E-state index in [2.05, 4.69) is 19.6 Å². The van der Waals surface area contributed by atoms with Gasteiger partial charge in [-0.05, 0) is 13.3 Å². The van der Waals surface area contributed by atoms with Crippen LogP contribution >= 0.6 is 12.6 Å². The van der Waals surface area contributed by atoms with Crippen molar-refractivity contribution >= 4 is 18.6 Å². The van der Waals surface area contributed by atoms with E-state index in [1.54, 1.807) is 0 Å². The quantitative estimate of drug-likeness (QED) is 0.230. The second kappa shape index (κ2) is 16.2. The second-order valence-corrected chi connectivity index (χ2v) is 6.57. The fourth-order valence-electron chi connectivity index (χ4n) is 2.53. The number of esters is 1. The first-order chi connectivity index (χ1) is 10.2. The SMILES string of the molecule is CCCCCCCCCCCCCCC(S)C(=O)OCC. The summed E-state index contributed by atoms with van der Waals surface area (Å²) < 4.78 is 4.95. The van der Waals surface area contributed by atoms with Crippen LogP contribution in [-0.4, -0.2) is 17.8 Å². The lowest BCUT2D eigenvalue weighted by atomic mass is 10.0. The van der Waals surface area contributed by atoms with Crippen LogP contribution in [0.15, 0.2) is 0 Å². The fraction of sp³-hybridized carbons (Fsp3) is 0.944. The molecular weight excluding hydrogens is 280 g/mol. The topological polar surface area (TPSA) is 26.3 Å². The summed E-state index contributed by atoms with van der Waals surface area (Å²) in [5.74, 6) is -0.163. The van der Waals surface area contributed by atoms with Gasteiger partial charge in [-0.15, -0.1) is 0 Å². The Morgan fingerprint density at radius 3 is 1.67 bits per heavy atom. The van der Waals surface area contributed by atoms with E-state index in [0.717, 1.165) is 12.8 Å². The Morgan fingerprint density at radius 1 is 0.810 bits per heavy atom. The smallest absolute Gasteiger partial charge is 0.318 e. The van der Waals surface area contributed by atoms with Crippen LogP contribution in [0.25, 0.3) is 0 Å². The molecule has 0 aliphatic carbocycles. The van der Waals surface area contributed by atoms with Crippen LogP contribution < -0.4 is 0 Å². The maximum atomic E-state index is 11.4. The fourth-order valence-corrected chi connectivity index (χ4v) is 2.79. The largest absolute Gasteiger partial charge is 0.465 e. The molecule has 0 aromatic heterocycles. The molecule has 21 heavy (non-hydrogen) atoms. The highest BCUT2D eigenvalue weighted by atomic mass is 32.1. The summed E-state index contributed by atoms with van der Waals surface area (Å²) in [5.41, 5.74) is 0. The molecule has 1 atom stereocenters. The van der Waals surface area contributed by atoms with Gasteiger partial charge in [0, 0.05) is 0 Å². The second-order valence-electron chi connectivity index (χ2n) is 5.95. The minimum absolute atomic E-state index is 0.163. The van der Waals surface area contributed by atoms with Crippen molar-refractivity contribution in [3.8, 4) is 0 Å². The predicted molar refractivity (Wildman–Crippen MR) is 95.1 cm³/mol. The number of hydrogen-bond acceptors (Lipinski definition) is 3. The summed E-state index contributed by atoms with van der Waals surface area (Å²) in [7, 11) is 0. The summed E-state index contributed by atoms with van der Waals surface area (Å²) in [6.45, 7) is 4.55. The Morgan fingerprint density at radius 2 is 1.24 bits per heavy atom. The first kappa shape index (κ1) is 20.8. The third-order valence-electron chi connectivity index (χ3n) is 3.89. The van der Waals surface area contributed by atoms with Crippen molar-refractivity contribution in [3.63, 3.8) is 0 Å². The van der Waals surface area contributed by atoms with Crippen LogP contribution in [0.3, 0.4) is 0 Å². The lowest BCUT2D eigenvalue weighted by Crippen LogP contribution is -2.17. The van der Waals surface area contributed by atoms with Crippen LogP contribution in [0.1, 0.15) is 97.3 Å². The summed E-state index contributed by atoms with van der Waals surface area (Å²) in [4.78, 5) is 11.4. The van der Waals surface area contributed by atoms with E-state index < -0.39 is 0 Å². The zero-order chi connectivity index (χ0) is 15.8. The molecule has 0 N–H and O–H groups in total. The molecule has 1 unspecified atom stereocenters. The average Bonchev–Trinajstić information content (AvgIpc) is 2.48. The van der Waals surface area contributed by atoms with Crippen LogP contribution in [0.2, 0.25) is 0 Å². The van der Waals surface area contributed by atoms with Crippen molar-refractivity contribution in [1.29, 1.82) is 0 Å². The van der Waals surface area contributed by atoms with Crippen molar-refractivity contribution in [1.82, 2.24) is 0 Å². The standard InChI is InChI=1S/C18H36O2S/c1-3-5-6-7-8-9-10-11-12-13-14-15-16-17(21)18(19)20-4-2/h17,21H,3-16H2,1-2H3. The van der Waals surface area contributed by atoms with Gasteiger partial charge in [0.25, 0.3) is 0 Å². The average molecular weight is 317 g/mol. The molecule has 0 saturated carbocycles. The summed E-state index contributed by atoms with van der Waals surface area (Å²) in [6.07, 6.45) is 16.9. The summed E-state index contributed by atoms with van der Waals surface area (Å²) in [5, 5.41) is -0.229. The molecule has 0 aromatic rings. The highest BCUT2D eigenvalue weighted by Crippen LogP contribution is 2.14. The predicted octanol–water partition coefficient (Wildman–Crippen LogP) is 5.94. The first-order valence-corrected chi connectivity index (χ1v) is 9.58. The molecule has 2 nitrogen and oxygen atoms in total. The molecule has 0 amide bonds. The Balaban J connectivity index is 3.17. The van der Waals surface area contributed by atoms with Crippen molar-refractivity contribution in [2.24, 2.45) is 0 Å². The van der Waals surface area contributed by atoms with Crippen LogP contribution in [0, 0.1) is 0 Å². The van der Waals surface area contributed by atoms with Gasteiger partial charge in [-0.1, -0.05) is 84.0 Å². The molecule has 126 valence electrons. The Labute approximate surface area is 137 Å². The summed E-state index contributed by atoms with van der Waals surface area (Å²) in [6, 6.07) is 0. The van der Waals surface area contributed by atoms with Gasteiger partial charge in [-0.25, -0.2) is 0 Å². The Hall–Kier alpha value is -0.180. The van der Waals surface area contributed by atoms with Gasteiger partial charge in [0.05, 0.1) is 11.9 Å². The highest BCUT2D eigenvalue weighted by molar-refractivity contribution is 7.81. The van der Waals surface area contributed by atoms with Crippen molar-refractivity contribution < 1.29 is 9.53 Å². The molecule has 3 heteroatoms. The zero-order valence-corrected chi connectivity index (χ0v) is 15.1. The first-order valence-electron chi connectivity index (χ1n) is 9.07. The Kier molecular flexibility index (Phi) is 16.1. The molecule has 0 aliphatic rings. The molecule has 0 heterocycles. The summed E-state index contributed by atoms with van der Waals surface area (Å²) >= 11 is 4.29. The molecule has 0 spiro atoms.